The zero-order chi connectivity index (χ0) is 30.3. The predicted octanol–water partition coefficient (Wildman–Crippen LogP) is 4.65. The van der Waals surface area contributed by atoms with Crippen molar-refractivity contribution in [3.63, 3.8) is 0 Å². The molecule has 0 bridgehead atoms. The van der Waals surface area contributed by atoms with E-state index in [2.05, 4.69) is 10.3 Å². The Morgan fingerprint density at radius 2 is 1.75 bits per heavy atom. The molecule has 0 aliphatic carbocycles. The van der Waals surface area contributed by atoms with Gasteiger partial charge in [0.1, 0.15) is 11.4 Å². The number of ether oxygens (including phenoxy) is 1. The van der Waals surface area contributed by atoms with Crippen LogP contribution in [0.5, 0.6) is 5.75 Å². The van der Waals surface area contributed by atoms with Crippen LogP contribution in [0.4, 0.5) is 26.3 Å². The average Bonchev–Trinajstić information content (AvgIpc) is 3.29. The van der Waals surface area contributed by atoms with Crippen molar-refractivity contribution in [2.24, 2.45) is 0 Å². The van der Waals surface area contributed by atoms with Gasteiger partial charge in [-0.25, -0.2) is 4.98 Å². The zero-order valence-electron chi connectivity index (χ0n) is 22.0. The highest BCUT2D eigenvalue weighted by Gasteiger charge is 2.71. The highest BCUT2D eigenvalue weighted by atomic mass is 32.1. The number of carbonyl (C=O) groups is 2. The number of thiazole rings is 1. The Morgan fingerprint density at radius 1 is 1.12 bits per heavy atom. The minimum absolute atomic E-state index is 0.0258. The van der Waals surface area contributed by atoms with E-state index in [0.717, 1.165) is 19.6 Å². The molecule has 1 fully saturated rings. The number of alkyl halides is 6. The van der Waals surface area contributed by atoms with Gasteiger partial charge in [-0.05, 0) is 52.2 Å². The fourth-order valence-electron chi connectivity index (χ4n) is 4.24. The van der Waals surface area contributed by atoms with Crippen molar-refractivity contribution in [3.8, 4) is 16.2 Å². The number of carbonyl (C=O) groups excluding carboxylic acids is 2. The van der Waals surface area contributed by atoms with Gasteiger partial charge in [-0.15, -0.1) is 11.3 Å². The topological polar surface area (TPSA) is 112 Å². The van der Waals surface area contributed by atoms with Crippen LogP contribution in [0, 0.1) is 0 Å². The monoisotopic (exact) mass is 597 g/mol. The molecule has 0 spiro atoms. The number of piperidine rings is 1. The maximum Gasteiger partial charge on any atom is 0.430 e. The van der Waals surface area contributed by atoms with Gasteiger partial charge in [0.25, 0.3) is 17.4 Å². The highest BCUT2D eigenvalue weighted by Crippen LogP contribution is 2.51. The Balaban J connectivity index is 2.17. The summed E-state index contributed by atoms with van der Waals surface area (Å²) in [6.45, 7) is 4.94. The summed E-state index contributed by atoms with van der Waals surface area (Å²) >= 11 is 0.680. The molecule has 0 saturated carbocycles. The lowest BCUT2D eigenvalue weighted by molar-refractivity contribution is -0.376. The third kappa shape index (κ3) is 6.20. The van der Waals surface area contributed by atoms with Crippen molar-refractivity contribution >= 4 is 23.2 Å². The number of likely N-dealkylation sites (tertiary alicyclic amines) is 1. The molecule has 1 atom stereocenters. The molecule has 3 N–H and O–H groups in total. The van der Waals surface area contributed by atoms with E-state index in [4.69, 9.17) is 4.74 Å². The Kier molecular flexibility index (Phi) is 8.82. The number of nitrogens with zero attached hydrogens (tertiary/aromatic N) is 2. The van der Waals surface area contributed by atoms with Crippen LogP contribution in [0.1, 0.15) is 65.9 Å². The van der Waals surface area contributed by atoms with E-state index >= 15 is 0 Å². The third-order valence-corrected chi connectivity index (χ3v) is 7.54. The summed E-state index contributed by atoms with van der Waals surface area (Å²) in [5.41, 5.74) is -8.35. The smallest absolute Gasteiger partial charge is 0.430 e. The zero-order valence-corrected chi connectivity index (χ0v) is 22.9. The first-order valence-corrected chi connectivity index (χ1v) is 13.0. The SMILES string of the molecule is COc1cc(C(O)(C(F)(F)F)C(F)(F)F)ccc1-c1sc(C(=O)NCC(C)(C)O)nc1C(=O)N1CCCC[C@@H]1C. The van der Waals surface area contributed by atoms with Gasteiger partial charge in [0.05, 0.1) is 17.6 Å². The third-order valence-electron chi connectivity index (χ3n) is 6.45. The maximum atomic E-state index is 13.6. The molecule has 2 amide bonds. The summed E-state index contributed by atoms with van der Waals surface area (Å²) in [6, 6.07) is 1.49. The number of halogens is 6. The number of aliphatic hydroxyl groups is 2. The maximum absolute atomic E-state index is 13.6. The summed E-state index contributed by atoms with van der Waals surface area (Å²) < 4.78 is 85.9. The number of amides is 2. The van der Waals surface area contributed by atoms with Gasteiger partial charge in [-0.2, -0.15) is 26.3 Å². The second-order valence-corrected chi connectivity index (χ2v) is 11.2. The van der Waals surface area contributed by atoms with Crippen molar-refractivity contribution in [1.29, 1.82) is 0 Å². The lowest BCUT2D eigenvalue weighted by Gasteiger charge is -2.33. The number of benzene rings is 1. The largest absolute Gasteiger partial charge is 0.496 e. The van der Waals surface area contributed by atoms with Crippen LogP contribution in [0.3, 0.4) is 0 Å². The summed E-state index contributed by atoms with van der Waals surface area (Å²) in [7, 11) is 0.995. The van der Waals surface area contributed by atoms with E-state index in [-0.39, 0.29) is 33.7 Å². The first-order chi connectivity index (χ1) is 18.3. The van der Waals surface area contributed by atoms with Gasteiger partial charge in [0.2, 0.25) is 0 Å². The van der Waals surface area contributed by atoms with E-state index in [1.54, 1.807) is 0 Å². The summed E-state index contributed by atoms with van der Waals surface area (Å²) in [5.74, 6) is -1.84. The second-order valence-electron chi connectivity index (χ2n) is 10.2. The van der Waals surface area contributed by atoms with E-state index in [9.17, 15) is 46.1 Å². The lowest BCUT2D eigenvalue weighted by Crippen LogP contribution is -2.53. The van der Waals surface area contributed by atoms with E-state index in [1.807, 2.05) is 6.92 Å². The Bertz CT molecular complexity index is 1240. The molecule has 1 aromatic heterocycles. The fourth-order valence-corrected chi connectivity index (χ4v) is 5.25. The Morgan fingerprint density at radius 3 is 2.27 bits per heavy atom. The van der Waals surface area contributed by atoms with Crippen LogP contribution in [-0.4, -0.2) is 76.1 Å². The fraction of sp³-hybridized carbons (Fsp3) is 0.560. The van der Waals surface area contributed by atoms with Crippen LogP contribution < -0.4 is 10.1 Å². The molecule has 0 radical (unpaired) electrons. The second kappa shape index (κ2) is 11.2. The molecular weight excluding hydrogens is 568 g/mol. The molecule has 15 heteroatoms. The molecule has 222 valence electrons. The van der Waals surface area contributed by atoms with Gasteiger partial charge >= 0.3 is 12.4 Å². The quantitative estimate of drug-likeness (QED) is 0.401. The molecule has 1 saturated heterocycles. The van der Waals surface area contributed by atoms with Crippen LogP contribution in [0.15, 0.2) is 18.2 Å². The number of methoxy groups -OCH3 is 1. The van der Waals surface area contributed by atoms with Gasteiger partial charge < -0.3 is 25.2 Å². The predicted molar refractivity (Wildman–Crippen MR) is 133 cm³/mol. The molecule has 2 heterocycles. The number of nitrogens with one attached hydrogen (secondary N) is 1. The van der Waals surface area contributed by atoms with Crippen LogP contribution in [0.25, 0.3) is 10.4 Å². The van der Waals surface area contributed by atoms with Crippen molar-refractivity contribution in [2.75, 3.05) is 20.2 Å². The van der Waals surface area contributed by atoms with Crippen molar-refractivity contribution in [3.05, 3.63) is 34.5 Å². The Hall–Kier alpha value is -2.91. The summed E-state index contributed by atoms with van der Waals surface area (Å²) in [6.07, 6.45) is -9.93. The number of rotatable bonds is 7. The number of aromatic nitrogens is 1. The van der Waals surface area contributed by atoms with Gasteiger partial charge in [-0.1, -0.05) is 6.07 Å². The van der Waals surface area contributed by atoms with Gasteiger partial charge in [0, 0.05) is 30.3 Å². The first kappa shape index (κ1) is 31.6. The summed E-state index contributed by atoms with van der Waals surface area (Å²) in [5, 5.41) is 22.0. The van der Waals surface area contributed by atoms with E-state index in [1.165, 1.54) is 18.7 Å². The summed E-state index contributed by atoms with van der Waals surface area (Å²) in [4.78, 5) is 32.1. The van der Waals surface area contributed by atoms with Crippen molar-refractivity contribution in [1.82, 2.24) is 15.2 Å². The van der Waals surface area contributed by atoms with E-state index in [0.29, 0.717) is 42.9 Å². The first-order valence-electron chi connectivity index (χ1n) is 12.2. The Labute approximate surface area is 230 Å². The molecule has 1 aromatic carbocycles. The van der Waals surface area contributed by atoms with Gasteiger partial charge in [-0.3, -0.25) is 9.59 Å². The molecule has 1 aliphatic heterocycles. The molecule has 3 rings (SSSR count). The lowest BCUT2D eigenvalue weighted by atomic mass is 9.90. The minimum atomic E-state index is -6.11. The van der Waals surface area contributed by atoms with Crippen LogP contribution in [0.2, 0.25) is 0 Å². The van der Waals surface area contributed by atoms with E-state index < -0.39 is 46.7 Å². The highest BCUT2D eigenvalue weighted by molar-refractivity contribution is 7.17. The van der Waals surface area contributed by atoms with Crippen LogP contribution >= 0.6 is 11.3 Å². The number of hydrogen-bond acceptors (Lipinski definition) is 7. The normalized spacial score (nSPS) is 17.1. The molecule has 40 heavy (non-hydrogen) atoms. The average molecular weight is 598 g/mol. The minimum Gasteiger partial charge on any atom is -0.496 e. The van der Waals surface area contributed by atoms with Crippen LogP contribution in [-0.2, 0) is 5.60 Å². The van der Waals surface area contributed by atoms with Crippen molar-refractivity contribution < 1.29 is 50.9 Å². The molecule has 0 unspecified atom stereocenters. The van der Waals surface area contributed by atoms with Gasteiger partial charge in [0.15, 0.2) is 5.01 Å². The standard InChI is InChI=1S/C25H29F6N3O5S/c1-13-7-5-6-10-34(13)21(36)17-18(40-20(33-17)19(35)32-12-22(2,3)37)15-9-8-14(11-16(15)39-4)23(38,24(26,27)28)25(29,30)31/h8-9,11,13,37-38H,5-7,10,12H2,1-4H3,(H,32,35)/t13-/m0/s1. The molecule has 8 nitrogen and oxygen atoms in total. The molecule has 2 aromatic rings. The molecular formula is C25H29F6N3O5S. The number of hydrogen-bond donors (Lipinski definition) is 3. The molecule has 1 aliphatic rings. The van der Waals surface area contributed by atoms with Crippen molar-refractivity contribution in [2.45, 2.75) is 69.6 Å².